The molecule has 0 unspecified atom stereocenters. The third-order valence-corrected chi connectivity index (χ3v) is 6.66. The molecule has 0 bridgehead atoms. The third-order valence-electron chi connectivity index (χ3n) is 5.41. The number of halogens is 1. The average molecular weight is 467 g/mol. The van der Waals surface area contributed by atoms with Gasteiger partial charge in [-0.15, -0.1) is 0 Å². The Morgan fingerprint density at radius 3 is 2.27 bits per heavy atom. The third kappa shape index (κ3) is 4.21. The molecular weight excluding hydrogens is 443 g/mol. The lowest BCUT2D eigenvalue weighted by Gasteiger charge is -2.23. The highest BCUT2D eigenvalue weighted by molar-refractivity contribution is 7.92. The molecule has 0 aliphatic heterocycles. The van der Waals surface area contributed by atoms with Crippen LogP contribution >= 0.6 is 0 Å². The summed E-state index contributed by atoms with van der Waals surface area (Å²) in [5, 5.41) is 3.16. The van der Waals surface area contributed by atoms with Crippen molar-refractivity contribution >= 4 is 32.6 Å². The molecule has 0 radical (unpaired) electrons. The van der Waals surface area contributed by atoms with Crippen LogP contribution in [0.1, 0.15) is 17.3 Å². The molecule has 6 nitrogen and oxygen atoms in total. The first-order valence-electron chi connectivity index (χ1n) is 10.4. The van der Waals surface area contributed by atoms with E-state index in [1.165, 1.54) is 35.6 Å². The number of hydrogen-bond acceptors (Lipinski definition) is 4. The lowest BCUT2D eigenvalue weighted by molar-refractivity contribution is 0.0964. The van der Waals surface area contributed by atoms with Crippen LogP contribution in [-0.4, -0.2) is 34.2 Å². The second kappa shape index (κ2) is 8.71. The first-order chi connectivity index (χ1) is 15.7. The van der Waals surface area contributed by atoms with E-state index in [4.69, 9.17) is 4.42 Å². The van der Waals surface area contributed by atoms with Crippen LogP contribution < -0.4 is 9.62 Å². The van der Waals surface area contributed by atoms with Crippen LogP contribution in [0.25, 0.3) is 33.4 Å². The van der Waals surface area contributed by atoms with Gasteiger partial charge in [-0.1, -0.05) is 30.3 Å². The van der Waals surface area contributed by atoms with Gasteiger partial charge in [-0.2, -0.15) is 0 Å². The highest BCUT2D eigenvalue weighted by Gasteiger charge is 2.26. The van der Waals surface area contributed by atoms with Gasteiger partial charge in [0.25, 0.3) is 5.91 Å². The maximum Gasteiger partial charge on any atom is 0.255 e. The number of carbonyl (C=O) groups excluding carboxylic acids is 1. The first-order valence-corrected chi connectivity index (χ1v) is 12.2. The molecule has 4 aromatic rings. The van der Waals surface area contributed by atoms with Crippen molar-refractivity contribution in [2.45, 2.75) is 6.92 Å². The number of anilines is 1. The molecule has 0 atom stereocenters. The predicted octanol–water partition coefficient (Wildman–Crippen LogP) is 5.05. The minimum Gasteiger partial charge on any atom is -0.455 e. The molecule has 0 fully saturated rings. The van der Waals surface area contributed by atoms with Crippen molar-refractivity contribution in [2.24, 2.45) is 0 Å². The van der Waals surface area contributed by atoms with Crippen LogP contribution in [0.4, 0.5) is 10.1 Å². The standard InChI is InChI=1S/C25H23FN2O4S/c1-4-28(33(3,30)31)21-15-22-20(14-19(21)16-8-6-5-7-9-16)23(25(29)27-2)24(32-22)17-10-12-18(26)13-11-17/h5-15H,4H2,1-3H3,(H,27,29). The summed E-state index contributed by atoms with van der Waals surface area (Å²) in [5.41, 5.74) is 3.07. The van der Waals surface area contributed by atoms with Crippen molar-refractivity contribution in [1.82, 2.24) is 5.32 Å². The Balaban J connectivity index is 2.09. The zero-order chi connectivity index (χ0) is 23.8. The zero-order valence-corrected chi connectivity index (χ0v) is 19.2. The van der Waals surface area contributed by atoms with Gasteiger partial charge in [-0.05, 0) is 42.8 Å². The molecule has 0 aliphatic carbocycles. The fourth-order valence-electron chi connectivity index (χ4n) is 3.93. The van der Waals surface area contributed by atoms with Crippen LogP contribution in [0, 0.1) is 5.82 Å². The summed E-state index contributed by atoms with van der Waals surface area (Å²) in [5.74, 6) is -0.491. The van der Waals surface area contributed by atoms with E-state index in [9.17, 15) is 17.6 Å². The number of benzene rings is 3. The molecule has 1 N–H and O–H groups in total. The van der Waals surface area contributed by atoms with Gasteiger partial charge in [0.1, 0.15) is 17.2 Å². The molecular formula is C25H23FN2O4S. The molecule has 0 spiro atoms. The number of rotatable bonds is 6. The average Bonchev–Trinajstić information content (AvgIpc) is 3.17. The molecule has 1 amide bonds. The maximum atomic E-state index is 13.5. The summed E-state index contributed by atoms with van der Waals surface area (Å²) in [4.78, 5) is 12.9. The molecule has 8 heteroatoms. The number of carbonyl (C=O) groups is 1. The van der Waals surface area contributed by atoms with Crippen LogP contribution in [0.15, 0.2) is 71.1 Å². The number of hydrogen-bond donors (Lipinski definition) is 1. The normalized spacial score (nSPS) is 11.5. The molecule has 4 rings (SSSR count). The quantitative estimate of drug-likeness (QED) is 0.431. The Morgan fingerprint density at radius 2 is 1.70 bits per heavy atom. The summed E-state index contributed by atoms with van der Waals surface area (Å²) in [7, 11) is -2.06. The number of amides is 1. The van der Waals surface area contributed by atoms with Gasteiger partial charge in [0.15, 0.2) is 0 Å². The van der Waals surface area contributed by atoms with Crippen LogP contribution in [0.2, 0.25) is 0 Å². The molecule has 0 aliphatic rings. The summed E-state index contributed by atoms with van der Waals surface area (Å²) >= 11 is 0. The van der Waals surface area contributed by atoms with E-state index < -0.39 is 15.8 Å². The van der Waals surface area contributed by atoms with E-state index >= 15 is 0 Å². The largest absolute Gasteiger partial charge is 0.455 e. The van der Waals surface area contributed by atoms with Crippen molar-refractivity contribution in [3.63, 3.8) is 0 Å². The first kappa shape index (κ1) is 22.5. The van der Waals surface area contributed by atoms with Crippen LogP contribution in [0.3, 0.4) is 0 Å². The summed E-state index contributed by atoms with van der Waals surface area (Å²) in [6.45, 7) is 1.97. The molecule has 0 saturated carbocycles. The van der Waals surface area contributed by atoms with E-state index in [1.54, 1.807) is 19.1 Å². The topological polar surface area (TPSA) is 79.6 Å². The van der Waals surface area contributed by atoms with Crippen molar-refractivity contribution in [1.29, 1.82) is 0 Å². The van der Waals surface area contributed by atoms with Gasteiger partial charge in [0, 0.05) is 36.2 Å². The molecule has 0 saturated heterocycles. The highest BCUT2D eigenvalue weighted by Crippen LogP contribution is 2.41. The Hall–Kier alpha value is -3.65. The number of nitrogens with zero attached hydrogens (tertiary/aromatic N) is 1. The highest BCUT2D eigenvalue weighted by atomic mass is 32.2. The van der Waals surface area contributed by atoms with Crippen LogP contribution in [-0.2, 0) is 10.0 Å². The fraction of sp³-hybridized carbons (Fsp3) is 0.160. The number of furan rings is 1. The fourth-order valence-corrected chi connectivity index (χ4v) is 4.90. The predicted molar refractivity (Wildman–Crippen MR) is 128 cm³/mol. The Morgan fingerprint density at radius 1 is 1.03 bits per heavy atom. The van der Waals surface area contributed by atoms with Gasteiger partial charge < -0.3 is 9.73 Å². The van der Waals surface area contributed by atoms with Gasteiger partial charge in [0.2, 0.25) is 10.0 Å². The van der Waals surface area contributed by atoms with Crippen molar-refractivity contribution in [3.8, 4) is 22.5 Å². The van der Waals surface area contributed by atoms with Gasteiger partial charge in [0.05, 0.1) is 17.5 Å². The minimum absolute atomic E-state index is 0.220. The zero-order valence-electron chi connectivity index (χ0n) is 18.4. The minimum atomic E-state index is -3.58. The molecule has 170 valence electrons. The summed E-state index contributed by atoms with van der Waals surface area (Å²) in [6.07, 6.45) is 1.15. The van der Waals surface area contributed by atoms with Gasteiger partial charge in [-0.3, -0.25) is 9.10 Å². The van der Waals surface area contributed by atoms with Crippen molar-refractivity contribution < 1.29 is 22.0 Å². The van der Waals surface area contributed by atoms with Crippen molar-refractivity contribution in [2.75, 3.05) is 24.2 Å². The molecule has 33 heavy (non-hydrogen) atoms. The van der Waals surface area contributed by atoms with Crippen LogP contribution in [0.5, 0.6) is 0 Å². The Labute approximate surface area is 191 Å². The monoisotopic (exact) mass is 466 g/mol. The van der Waals surface area contributed by atoms with E-state index in [1.807, 2.05) is 30.3 Å². The summed E-state index contributed by atoms with van der Waals surface area (Å²) < 4.78 is 46.0. The van der Waals surface area contributed by atoms with E-state index in [2.05, 4.69) is 5.32 Å². The van der Waals surface area contributed by atoms with E-state index in [-0.39, 0.29) is 18.2 Å². The Kier molecular flexibility index (Phi) is 5.95. The van der Waals surface area contributed by atoms with Gasteiger partial charge >= 0.3 is 0 Å². The lowest BCUT2D eigenvalue weighted by atomic mass is 9.98. The molecule has 3 aromatic carbocycles. The lowest BCUT2D eigenvalue weighted by Crippen LogP contribution is -2.29. The number of sulfonamides is 1. The van der Waals surface area contributed by atoms with Crippen molar-refractivity contribution in [3.05, 3.63) is 78.1 Å². The van der Waals surface area contributed by atoms with E-state index in [0.29, 0.717) is 33.3 Å². The second-order valence-corrected chi connectivity index (χ2v) is 9.46. The number of nitrogens with one attached hydrogen (secondary N) is 1. The summed E-state index contributed by atoms with van der Waals surface area (Å²) in [6, 6.07) is 18.4. The van der Waals surface area contributed by atoms with E-state index in [0.717, 1.165) is 11.8 Å². The maximum absolute atomic E-state index is 13.5. The molecule has 1 heterocycles. The van der Waals surface area contributed by atoms with Gasteiger partial charge in [-0.25, -0.2) is 12.8 Å². The SMILES string of the molecule is CCN(c1cc2oc(-c3ccc(F)cc3)c(C(=O)NC)c2cc1-c1ccccc1)S(C)(=O)=O. The molecule has 1 aromatic heterocycles. The second-order valence-electron chi connectivity index (χ2n) is 7.55. The smallest absolute Gasteiger partial charge is 0.255 e. The Bertz CT molecular complexity index is 1430. The number of fused-ring (bicyclic) bond motifs is 1.